The van der Waals surface area contributed by atoms with E-state index in [1.807, 2.05) is 0 Å². The van der Waals surface area contributed by atoms with Crippen molar-refractivity contribution < 1.29 is 13.6 Å². The van der Waals surface area contributed by atoms with Gasteiger partial charge in [-0.2, -0.15) is 0 Å². The lowest BCUT2D eigenvalue weighted by Gasteiger charge is -2.30. The molecule has 1 atom stereocenters. The third-order valence-corrected chi connectivity index (χ3v) is 3.63. The van der Waals surface area contributed by atoms with Gasteiger partial charge in [-0.25, -0.2) is 13.8 Å². The summed E-state index contributed by atoms with van der Waals surface area (Å²) >= 11 is 5.41. The molecule has 0 aromatic heterocycles. The maximum Gasteiger partial charge on any atom is 0.267 e. The number of hydrogen-bond acceptors (Lipinski definition) is 4. The summed E-state index contributed by atoms with van der Waals surface area (Å²) in [6.45, 7) is -0.453. The summed E-state index contributed by atoms with van der Waals surface area (Å²) in [6.07, 6.45) is -0.337. The van der Waals surface area contributed by atoms with Crippen LogP contribution in [0.15, 0.2) is 23.2 Å². The first kappa shape index (κ1) is 12.3. The number of halogens is 3. The molecule has 3 rings (SSSR count). The first-order valence-corrected chi connectivity index (χ1v) is 6.08. The van der Waals surface area contributed by atoms with Crippen molar-refractivity contribution in [2.45, 2.75) is 18.4 Å². The predicted molar refractivity (Wildman–Crippen MR) is 66.9 cm³/mol. The van der Waals surface area contributed by atoms with Crippen LogP contribution in [0, 0.1) is 0 Å². The molecule has 2 N–H and O–H groups in total. The van der Waals surface area contributed by atoms with Crippen molar-refractivity contribution in [2.75, 3.05) is 6.54 Å². The molecule has 2 heterocycles. The maximum absolute atomic E-state index is 13.5. The van der Waals surface area contributed by atoms with E-state index in [1.54, 1.807) is 6.07 Å². The van der Waals surface area contributed by atoms with Gasteiger partial charge in [-0.3, -0.25) is 4.79 Å². The van der Waals surface area contributed by atoms with E-state index in [0.29, 0.717) is 11.3 Å². The molecular formula is C12H10ClF2N3O. The van der Waals surface area contributed by atoms with Crippen LogP contribution in [0.2, 0.25) is 0 Å². The minimum atomic E-state index is -2.81. The third kappa shape index (κ3) is 1.96. The van der Waals surface area contributed by atoms with Crippen LogP contribution in [-0.2, 0) is 0 Å². The van der Waals surface area contributed by atoms with Gasteiger partial charge in [0.1, 0.15) is 0 Å². The molecule has 100 valence electrons. The number of hydrogen-bond donors (Lipinski definition) is 1. The maximum atomic E-state index is 13.5. The Morgan fingerprint density at radius 2 is 2.26 bits per heavy atom. The van der Waals surface area contributed by atoms with Crippen molar-refractivity contribution in [1.29, 1.82) is 0 Å². The fourth-order valence-electron chi connectivity index (χ4n) is 2.57. The highest BCUT2D eigenvalue weighted by atomic mass is 35.5. The minimum Gasteiger partial charge on any atom is -0.369 e. The average Bonchev–Trinajstić information content (AvgIpc) is 2.65. The zero-order valence-corrected chi connectivity index (χ0v) is 10.5. The van der Waals surface area contributed by atoms with Crippen molar-refractivity contribution >= 4 is 28.5 Å². The van der Waals surface area contributed by atoms with Crippen molar-refractivity contribution in [3.8, 4) is 0 Å². The van der Waals surface area contributed by atoms with Crippen LogP contribution < -0.4 is 5.73 Å². The van der Waals surface area contributed by atoms with Gasteiger partial charge >= 0.3 is 0 Å². The molecule has 0 bridgehead atoms. The Bertz CT molecular complexity index is 603. The van der Waals surface area contributed by atoms with Crippen LogP contribution in [-0.4, -0.2) is 28.6 Å². The number of carbonyl (C=O) groups is 1. The number of benzene rings is 1. The van der Waals surface area contributed by atoms with Gasteiger partial charge in [-0.15, -0.1) is 0 Å². The van der Waals surface area contributed by atoms with Gasteiger partial charge in [0.25, 0.3) is 11.2 Å². The smallest absolute Gasteiger partial charge is 0.267 e. The highest BCUT2D eigenvalue weighted by Gasteiger charge is 2.48. The second kappa shape index (κ2) is 3.90. The Hall–Kier alpha value is -1.69. The fraction of sp³-hybridized carbons (Fsp3) is 0.333. The second-order valence-electron chi connectivity index (χ2n) is 4.72. The second-order valence-corrected chi connectivity index (χ2v) is 5.06. The lowest BCUT2D eigenvalue weighted by Crippen LogP contribution is -2.40. The highest BCUT2D eigenvalue weighted by molar-refractivity contribution is 6.67. The van der Waals surface area contributed by atoms with Crippen molar-refractivity contribution in [3.05, 3.63) is 29.3 Å². The van der Waals surface area contributed by atoms with Crippen LogP contribution in [0.25, 0.3) is 0 Å². The molecule has 19 heavy (non-hydrogen) atoms. The predicted octanol–water partition coefficient (Wildman–Crippen LogP) is 2.41. The normalized spacial score (nSPS) is 23.6. The topological polar surface area (TPSA) is 58.7 Å². The first-order chi connectivity index (χ1) is 8.87. The summed E-state index contributed by atoms with van der Waals surface area (Å²) in [5.41, 5.74) is 7.05. The van der Waals surface area contributed by atoms with Gasteiger partial charge in [0.15, 0.2) is 5.96 Å². The standard InChI is InChI=1S/C12H10ClF2N3O/c13-10(19)6-1-2-8-7(3-6)9-4-12(14,15)5-18(9)11(16)17-8/h1-3,9H,4-5H2,(H2,16,17). The lowest BCUT2D eigenvalue weighted by molar-refractivity contribution is 0.0165. The van der Waals surface area contributed by atoms with Gasteiger partial charge in [0.05, 0.1) is 18.3 Å². The van der Waals surface area contributed by atoms with Crippen LogP contribution in [0.3, 0.4) is 0 Å². The molecule has 1 unspecified atom stereocenters. The molecule has 4 nitrogen and oxygen atoms in total. The summed E-state index contributed by atoms with van der Waals surface area (Å²) < 4.78 is 27.1. The van der Waals surface area contributed by atoms with E-state index in [-0.39, 0.29) is 17.9 Å². The number of carbonyl (C=O) groups excluding carboxylic acids is 1. The summed E-state index contributed by atoms with van der Waals surface area (Å²) in [6, 6.07) is 4.04. The largest absolute Gasteiger partial charge is 0.369 e. The summed E-state index contributed by atoms with van der Waals surface area (Å²) in [4.78, 5) is 16.6. The van der Waals surface area contributed by atoms with Crippen LogP contribution in [0.5, 0.6) is 0 Å². The molecule has 0 amide bonds. The Balaban J connectivity index is 2.11. The van der Waals surface area contributed by atoms with Gasteiger partial charge < -0.3 is 10.6 Å². The van der Waals surface area contributed by atoms with E-state index in [2.05, 4.69) is 4.99 Å². The van der Waals surface area contributed by atoms with E-state index in [1.165, 1.54) is 17.0 Å². The highest BCUT2D eigenvalue weighted by Crippen LogP contribution is 2.46. The van der Waals surface area contributed by atoms with E-state index in [4.69, 9.17) is 17.3 Å². The molecule has 7 heteroatoms. The Kier molecular flexibility index (Phi) is 2.53. The molecule has 1 fully saturated rings. The van der Waals surface area contributed by atoms with Gasteiger partial charge in [0, 0.05) is 17.5 Å². The van der Waals surface area contributed by atoms with Crippen LogP contribution in [0.1, 0.15) is 28.4 Å². The number of aliphatic imine (C=N–C) groups is 1. The quantitative estimate of drug-likeness (QED) is 0.806. The minimum absolute atomic E-state index is 0.0830. The van der Waals surface area contributed by atoms with E-state index in [0.717, 1.165) is 0 Å². The summed E-state index contributed by atoms with van der Waals surface area (Å²) in [5, 5.41) is -0.623. The number of nitrogens with two attached hydrogens (primary N) is 1. The Labute approximate surface area is 112 Å². The summed E-state index contributed by atoms with van der Waals surface area (Å²) in [5.74, 6) is -2.73. The Morgan fingerprint density at radius 1 is 1.53 bits per heavy atom. The third-order valence-electron chi connectivity index (χ3n) is 3.41. The van der Waals surface area contributed by atoms with Crippen molar-refractivity contribution in [1.82, 2.24) is 4.90 Å². The Morgan fingerprint density at radius 3 is 2.95 bits per heavy atom. The molecule has 0 radical (unpaired) electrons. The van der Waals surface area contributed by atoms with Crippen molar-refractivity contribution in [2.24, 2.45) is 10.7 Å². The zero-order chi connectivity index (χ0) is 13.8. The van der Waals surface area contributed by atoms with Gasteiger partial charge in [-0.05, 0) is 29.8 Å². The van der Waals surface area contributed by atoms with Gasteiger partial charge in [-0.1, -0.05) is 0 Å². The molecule has 1 saturated heterocycles. The molecular weight excluding hydrogens is 276 g/mol. The number of fused-ring (bicyclic) bond motifs is 3. The molecule has 1 aromatic carbocycles. The zero-order valence-electron chi connectivity index (χ0n) is 9.74. The lowest BCUT2D eigenvalue weighted by atomic mass is 9.98. The summed E-state index contributed by atoms with van der Waals surface area (Å²) in [7, 11) is 0. The van der Waals surface area contributed by atoms with E-state index in [9.17, 15) is 13.6 Å². The molecule has 2 aliphatic rings. The van der Waals surface area contributed by atoms with E-state index >= 15 is 0 Å². The molecule has 1 aromatic rings. The average molecular weight is 286 g/mol. The molecule has 0 spiro atoms. The first-order valence-electron chi connectivity index (χ1n) is 5.70. The number of nitrogens with zero attached hydrogens (tertiary/aromatic N) is 2. The van der Waals surface area contributed by atoms with Crippen LogP contribution in [0.4, 0.5) is 14.5 Å². The molecule has 0 saturated carbocycles. The van der Waals surface area contributed by atoms with Gasteiger partial charge in [0.2, 0.25) is 0 Å². The van der Waals surface area contributed by atoms with Crippen molar-refractivity contribution in [3.63, 3.8) is 0 Å². The number of alkyl halides is 2. The number of rotatable bonds is 1. The van der Waals surface area contributed by atoms with Crippen LogP contribution >= 0.6 is 11.6 Å². The number of guanidine groups is 1. The van der Waals surface area contributed by atoms with E-state index < -0.39 is 23.8 Å². The molecule has 0 aliphatic carbocycles. The molecule has 2 aliphatic heterocycles. The monoisotopic (exact) mass is 285 g/mol. The fourth-order valence-corrected chi connectivity index (χ4v) is 2.69. The SMILES string of the molecule is NC1=Nc2ccc(C(=O)Cl)cc2C2CC(F)(F)CN12.